The van der Waals surface area contributed by atoms with Crippen LogP contribution < -0.4 is 0 Å². The molecule has 122 valence electrons. The first-order chi connectivity index (χ1) is 11.3. The summed E-state index contributed by atoms with van der Waals surface area (Å²) in [5, 5.41) is 0.523. The van der Waals surface area contributed by atoms with Gasteiger partial charge >= 0.3 is 6.18 Å². The summed E-state index contributed by atoms with van der Waals surface area (Å²) in [6.45, 7) is 0. The molecule has 0 saturated carbocycles. The van der Waals surface area contributed by atoms with Crippen molar-refractivity contribution in [2.45, 2.75) is 6.18 Å². The lowest BCUT2D eigenvalue weighted by atomic mass is 9.98. The van der Waals surface area contributed by atoms with E-state index in [9.17, 15) is 17.6 Å². The van der Waals surface area contributed by atoms with Gasteiger partial charge in [0.1, 0.15) is 5.82 Å². The number of rotatable bonds is 2. The van der Waals surface area contributed by atoms with Crippen LogP contribution in [0.4, 0.5) is 17.6 Å². The van der Waals surface area contributed by atoms with Gasteiger partial charge in [-0.15, -0.1) is 0 Å². The number of hydrogen-bond acceptors (Lipinski definition) is 0. The molecule has 0 bridgehead atoms. The summed E-state index contributed by atoms with van der Waals surface area (Å²) in [6.07, 6.45) is -4.47. The van der Waals surface area contributed by atoms with E-state index >= 15 is 0 Å². The number of halogens is 5. The van der Waals surface area contributed by atoms with Crippen LogP contribution in [0.2, 0.25) is 5.02 Å². The van der Waals surface area contributed by atoms with E-state index in [0.717, 1.165) is 17.7 Å². The van der Waals surface area contributed by atoms with Gasteiger partial charge in [0.15, 0.2) is 0 Å². The van der Waals surface area contributed by atoms with Gasteiger partial charge in [0.2, 0.25) is 0 Å². The second-order valence-electron chi connectivity index (χ2n) is 5.28. The van der Waals surface area contributed by atoms with E-state index in [1.165, 1.54) is 24.3 Å². The van der Waals surface area contributed by atoms with Crippen LogP contribution in [0.15, 0.2) is 66.7 Å². The van der Waals surface area contributed by atoms with Crippen molar-refractivity contribution >= 4 is 11.6 Å². The minimum Gasteiger partial charge on any atom is -0.206 e. The Balaban J connectivity index is 2.02. The Labute approximate surface area is 141 Å². The van der Waals surface area contributed by atoms with E-state index < -0.39 is 17.6 Å². The first-order valence-electron chi connectivity index (χ1n) is 7.08. The van der Waals surface area contributed by atoms with Crippen LogP contribution in [-0.4, -0.2) is 0 Å². The standard InChI is InChI=1S/C19H11ClF4/c20-16-6-2-3-12(10-16)13-7-8-17(18(21)11-13)14-4-1-5-15(9-14)19(22,23)24/h1-11H. The van der Waals surface area contributed by atoms with Gasteiger partial charge < -0.3 is 0 Å². The lowest BCUT2D eigenvalue weighted by molar-refractivity contribution is -0.137. The Kier molecular flexibility index (Phi) is 4.33. The zero-order chi connectivity index (χ0) is 17.3. The molecule has 0 spiro atoms. The minimum atomic E-state index is -4.47. The highest BCUT2D eigenvalue weighted by molar-refractivity contribution is 6.30. The third kappa shape index (κ3) is 3.44. The topological polar surface area (TPSA) is 0 Å². The van der Waals surface area contributed by atoms with E-state index in [2.05, 4.69) is 0 Å². The Morgan fingerprint density at radius 2 is 1.38 bits per heavy atom. The van der Waals surface area contributed by atoms with E-state index in [-0.39, 0.29) is 11.1 Å². The summed E-state index contributed by atoms with van der Waals surface area (Å²) in [5.74, 6) is -0.591. The molecule has 5 heteroatoms. The molecule has 0 saturated heterocycles. The van der Waals surface area contributed by atoms with E-state index in [0.29, 0.717) is 10.6 Å². The molecular formula is C19H11ClF4. The van der Waals surface area contributed by atoms with Crippen molar-refractivity contribution in [2.75, 3.05) is 0 Å². The number of benzene rings is 3. The molecule has 0 fully saturated rings. The van der Waals surface area contributed by atoms with Crippen molar-refractivity contribution in [1.82, 2.24) is 0 Å². The van der Waals surface area contributed by atoms with Gasteiger partial charge in [-0.1, -0.05) is 48.0 Å². The molecule has 0 aliphatic carbocycles. The predicted molar refractivity (Wildman–Crippen MR) is 87.3 cm³/mol. The van der Waals surface area contributed by atoms with Crippen molar-refractivity contribution in [3.63, 3.8) is 0 Å². The Bertz CT molecular complexity index is 885. The third-order valence-electron chi connectivity index (χ3n) is 3.63. The minimum absolute atomic E-state index is 0.117. The molecule has 3 rings (SSSR count). The fraction of sp³-hybridized carbons (Fsp3) is 0.0526. The van der Waals surface area contributed by atoms with Crippen molar-refractivity contribution < 1.29 is 17.6 Å². The summed E-state index contributed by atoms with van der Waals surface area (Å²) in [6, 6.07) is 16.0. The molecule has 0 N–H and O–H groups in total. The molecule has 0 heterocycles. The molecular weight excluding hydrogens is 340 g/mol. The van der Waals surface area contributed by atoms with Crippen LogP contribution in [0.1, 0.15) is 5.56 Å². The Hall–Kier alpha value is -2.33. The molecule has 0 aromatic heterocycles. The number of hydrogen-bond donors (Lipinski definition) is 0. The quantitative estimate of drug-likeness (QED) is 0.444. The molecule has 0 atom stereocenters. The highest BCUT2D eigenvalue weighted by Crippen LogP contribution is 2.34. The van der Waals surface area contributed by atoms with Gasteiger partial charge in [-0.25, -0.2) is 4.39 Å². The van der Waals surface area contributed by atoms with E-state index in [1.807, 2.05) is 0 Å². The first kappa shape index (κ1) is 16.5. The summed E-state index contributed by atoms with van der Waals surface area (Å²) in [5.41, 5.74) is 0.827. The van der Waals surface area contributed by atoms with E-state index in [4.69, 9.17) is 11.6 Å². The second-order valence-corrected chi connectivity index (χ2v) is 5.72. The molecule has 0 radical (unpaired) electrons. The SMILES string of the molecule is Fc1cc(-c2cccc(Cl)c2)ccc1-c1cccc(C(F)(F)F)c1. The summed E-state index contributed by atoms with van der Waals surface area (Å²) < 4.78 is 52.8. The van der Waals surface area contributed by atoms with Crippen LogP contribution in [-0.2, 0) is 6.18 Å². The van der Waals surface area contributed by atoms with Gasteiger partial charge in [0.25, 0.3) is 0 Å². The van der Waals surface area contributed by atoms with Crippen LogP contribution in [0.25, 0.3) is 22.3 Å². The largest absolute Gasteiger partial charge is 0.416 e. The monoisotopic (exact) mass is 350 g/mol. The van der Waals surface area contributed by atoms with Crippen LogP contribution in [0.3, 0.4) is 0 Å². The molecule has 24 heavy (non-hydrogen) atoms. The average Bonchev–Trinajstić information content (AvgIpc) is 2.54. The fourth-order valence-electron chi connectivity index (χ4n) is 2.46. The molecule has 0 nitrogen and oxygen atoms in total. The molecule has 0 unspecified atom stereocenters. The molecule has 3 aromatic carbocycles. The second kappa shape index (κ2) is 6.29. The lowest BCUT2D eigenvalue weighted by Gasteiger charge is -2.10. The summed E-state index contributed by atoms with van der Waals surface area (Å²) >= 11 is 5.92. The van der Waals surface area contributed by atoms with Gasteiger partial charge in [-0.3, -0.25) is 0 Å². The van der Waals surface area contributed by atoms with Gasteiger partial charge in [-0.05, 0) is 47.0 Å². The third-order valence-corrected chi connectivity index (χ3v) is 3.86. The van der Waals surface area contributed by atoms with Crippen LogP contribution >= 0.6 is 11.6 Å². The first-order valence-corrected chi connectivity index (χ1v) is 7.45. The summed E-state index contributed by atoms with van der Waals surface area (Å²) in [4.78, 5) is 0. The normalized spacial score (nSPS) is 11.5. The maximum atomic E-state index is 14.4. The zero-order valence-corrected chi connectivity index (χ0v) is 13.0. The van der Waals surface area contributed by atoms with Crippen LogP contribution in [0.5, 0.6) is 0 Å². The average molecular weight is 351 g/mol. The molecule has 0 aliphatic heterocycles. The molecule has 0 amide bonds. The van der Waals surface area contributed by atoms with Crippen molar-refractivity contribution in [3.05, 3.63) is 83.1 Å². The zero-order valence-electron chi connectivity index (χ0n) is 12.2. The summed E-state index contributed by atoms with van der Waals surface area (Å²) in [7, 11) is 0. The number of alkyl halides is 3. The molecule has 3 aromatic rings. The van der Waals surface area contributed by atoms with Crippen molar-refractivity contribution in [3.8, 4) is 22.3 Å². The Morgan fingerprint density at radius 1 is 0.708 bits per heavy atom. The van der Waals surface area contributed by atoms with Crippen molar-refractivity contribution in [2.24, 2.45) is 0 Å². The van der Waals surface area contributed by atoms with Gasteiger partial charge in [-0.2, -0.15) is 13.2 Å². The van der Waals surface area contributed by atoms with Crippen LogP contribution in [0, 0.1) is 5.82 Å². The highest BCUT2D eigenvalue weighted by Gasteiger charge is 2.30. The highest BCUT2D eigenvalue weighted by atomic mass is 35.5. The van der Waals surface area contributed by atoms with Crippen molar-refractivity contribution in [1.29, 1.82) is 0 Å². The smallest absolute Gasteiger partial charge is 0.206 e. The maximum absolute atomic E-state index is 14.4. The van der Waals surface area contributed by atoms with E-state index in [1.54, 1.807) is 30.3 Å². The fourth-order valence-corrected chi connectivity index (χ4v) is 2.65. The van der Waals surface area contributed by atoms with Gasteiger partial charge in [0, 0.05) is 10.6 Å². The maximum Gasteiger partial charge on any atom is 0.416 e. The lowest BCUT2D eigenvalue weighted by Crippen LogP contribution is -2.04. The molecule has 0 aliphatic rings. The predicted octanol–water partition coefficient (Wildman–Crippen LogP) is 6.83. The Morgan fingerprint density at radius 3 is 2.04 bits per heavy atom. The van der Waals surface area contributed by atoms with Gasteiger partial charge in [0.05, 0.1) is 5.56 Å².